The Bertz CT molecular complexity index is 646. The van der Waals surface area contributed by atoms with E-state index in [0.29, 0.717) is 11.5 Å². The number of hydrogen-bond donors (Lipinski definition) is 1. The molecule has 4 heteroatoms. The molecule has 1 fully saturated rings. The normalized spacial score (nSPS) is 22.4. The van der Waals surface area contributed by atoms with Crippen molar-refractivity contribution in [2.45, 2.75) is 44.6 Å². The van der Waals surface area contributed by atoms with Crippen LogP contribution in [0.15, 0.2) is 24.8 Å². The number of hydrogen-bond acceptors (Lipinski definition) is 3. The zero-order valence-electron chi connectivity index (χ0n) is 15.5. The van der Waals surface area contributed by atoms with Gasteiger partial charge in [-0.25, -0.2) is 0 Å². The Morgan fingerprint density at radius 2 is 2.08 bits per heavy atom. The number of nitrogens with zero attached hydrogens (tertiary/aromatic N) is 2. The number of rotatable bonds is 4. The maximum absolute atomic E-state index is 13.2. The van der Waals surface area contributed by atoms with Crippen LogP contribution >= 0.6 is 0 Å². The minimum absolute atomic E-state index is 0.0646. The van der Waals surface area contributed by atoms with Gasteiger partial charge in [-0.1, -0.05) is 12.1 Å². The molecule has 0 saturated carbocycles. The summed E-state index contributed by atoms with van der Waals surface area (Å²) in [7, 11) is 2.09. The third-order valence-electron chi connectivity index (χ3n) is 5.67. The Hall–Kier alpha value is -1.65. The number of benzene rings is 1. The van der Waals surface area contributed by atoms with Crippen molar-refractivity contribution in [2.75, 3.05) is 33.2 Å². The molecule has 1 amide bonds. The van der Waals surface area contributed by atoms with Gasteiger partial charge in [-0.3, -0.25) is 4.79 Å². The van der Waals surface area contributed by atoms with E-state index in [2.05, 4.69) is 30.7 Å². The van der Waals surface area contributed by atoms with Crippen molar-refractivity contribution in [1.82, 2.24) is 9.80 Å². The molecule has 0 bridgehead atoms. The van der Waals surface area contributed by atoms with E-state index in [-0.39, 0.29) is 5.91 Å². The summed E-state index contributed by atoms with van der Waals surface area (Å²) in [5.74, 6) is 0.512. The predicted molar refractivity (Wildman–Crippen MR) is 101 cm³/mol. The quantitative estimate of drug-likeness (QED) is 0.855. The lowest BCUT2D eigenvalue weighted by atomic mass is 9.78. The monoisotopic (exact) mass is 342 g/mol. The number of aliphatic hydroxyl groups excluding tert-OH is 1. The number of aryl methyl sites for hydroxylation is 1. The minimum atomic E-state index is -0.628. The maximum atomic E-state index is 13.2. The highest BCUT2D eigenvalue weighted by Gasteiger charge is 2.28. The van der Waals surface area contributed by atoms with E-state index < -0.39 is 6.10 Å². The van der Waals surface area contributed by atoms with E-state index in [4.69, 9.17) is 0 Å². The lowest BCUT2D eigenvalue weighted by molar-refractivity contribution is 0.0658. The molecule has 1 aliphatic heterocycles. The number of aliphatic hydroxyl groups is 1. The largest absolute Gasteiger partial charge is 0.389 e. The molecule has 1 aromatic carbocycles. The Balaban J connectivity index is 1.97. The highest BCUT2D eigenvalue weighted by atomic mass is 16.3. The second-order valence-electron chi connectivity index (χ2n) is 7.52. The molecule has 1 N–H and O–H groups in total. The fraction of sp³-hybridized carbons (Fsp3) is 0.571. The Kier molecular flexibility index (Phi) is 5.60. The topological polar surface area (TPSA) is 43.8 Å². The van der Waals surface area contributed by atoms with E-state index in [0.717, 1.165) is 57.4 Å². The summed E-state index contributed by atoms with van der Waals surface area (Å²) < 4.78 is 0. The average Bonchev–Trinajstić information content (AvgIpc) is 2.61. The minimum Gasteiger partial charge on any atom is -0.389 e. The summed E-state index contributed by atoms with van der Waals surface area (Å²) in [5, 5.41) is 10.3. The van der Waals surface area contributed by atoms with Crippen LogP contribution in [-0.4, -0.2) is 54.0 Å². The van der Waals surface area contributed by atoms with Crippen molar-refractivity contribution in [3.05, 3.63) is 47.0 Å². The van der Waals surface area contributed by atoms with Crippen LogP contribution in [0, 0.1) is 0 Å². The molecule has 0 spiro atoms. The second kappa shape index (κ2) is 7.71. The number of carbonyl (C=O) groups excluding carboxylic acids is 1. The molecule has 136 valence electrons. The zero-order valence-corrected chi connectivity index (χ0v) is 15.5. The van der Waals surface area contributed by atoms with Gasteiger partial charge in [-0.2, -0.15) is 0 Å². The van der Waals surface area contributed by atoms with Gasteiger partial charge in [0.1, 0.15) is 0 Å². The lowest BCUT2D eigenvalue weighted by Gasteiger charge is -2.34. The molecular formula is C21H30N2O2. The molecule has 0 aromatic heterocycles. The Morgan fingerprint density at radius 1 is 1.36 bits per heavy atom. The first-order valence-electron chi connectivity index (χ1n) is 9.44. The third-order valence-corrected chi connectivity index (χ3v) is 5.67. The summed E-state index contributed by atoms with van der Waals surface area (Å²) in [6.07, 6.45) is 5.64. The standard InChI is InChI=1S/C21H30N2O2/c1-4-6-16-7-5-8-17-13-18(15(2)24)20(14-19(16)17)21(25)23-11-9-22(3)10-12-23/h4,13-16,24H,1,5-12H2,2-3H3/t15-,16-/m1/s1. The molecule has 0 unspecified atom stereocenters. The molecule has 2 aliphatic rings. The number of piperazine rings is 1. The molecule has 1 saturated heterocycles. The first kappa shape index (κ1) is 18.2. The van der Waals surface area contributed by atoms with E-state index in [1.54, 1.807) is 6.92 Å². The summed E-state index contributed by atoms with van der Waals surface area (Å²) in [4.78, 5) is 17.3. The van der Waals surface area contributed by atoms with Crippen LogP contribution < -0.4 is 0 Å². The summed E-state index contributed by atoms with van der Waals surface area (Å²) in [6, 6.07) is 4.16. The van der Waals surface area contributed by atoms with Crippen LogP contribution in [0.1, 0.15) is 65.3 Å². The van der Waals surface area contributed by atoms with Gasteiger partial charge in [0.25, 0.3) is 5.91 Å². The van der Waals surface area contributed by atoms with Crippen LogP contribution in [0.25, 0.3) is 0 Å². The van der Waals surface area contributed by atoms with Crippen molar-refractivity contribution in [3.8, 4) is 0 Å². The lowest BCUT2D eigenvalue weighted by Crippen LogP contribution is -2.47. The molecule has 4 nitrogen and oxygen atoms in total. The van der Waals surface area contributed by atoms with E-state index >= 15 is 0 Å². The Morgan fingerprint density at radius 3 is 2.72 bits per heavy atom. The maximum Gasteiger partial charge on any atom is 0.254 e. The number of fused-ring (bicyclic) bond motifs is 1. The van der Waals surface area contributed by atoms with E-state index in [1.807, 2.05) is 11.0 Å². The molecule has 1 aromatic rings. The zero-order chi connectivity index (χ0) is 18.0. The van der Waals surface area contributed by atoms with Gasteiger partial charge < -0.3 is 14.9 Å². The van der Waals surface area contributed by atoms with Gasteiger partial charge in [-0.05, 0) is 68.3 Å². The Labute approximate surface area is 151 Å². The average molecular weight is 342 g/mol. The van der Waals surface area contributed by atoms with Gasteiger partial charge in [0, 0.05) is 31.7 Å². The van der Waals surface area contributed by atoms with Gasteiger partial charge in [0.05, 0.1) is 6.10 Å². The number of allylic oxidation sites excluding steroid dienone is 1. The van der Waals surface area contributed by atoms with Crippen LogP contribution in [0.5, 0.6) is 0 Å². The summed E-state index contributed by atoms with van der Waals surface area (Å²) in [6.45, 7) is 8.96. The second-order valence-corrected chi connectivity index (χ2v) is 7.52. The molecule has 25 heavy (non-hydrogen) atoms. The predicted octanol–water partition coefficient (Wildman–Crippen LogP) is 3.12. The fourth-order valence-corrected chi connectivity index (χ4v) is 4.13. The van der Waals surface area contributed by atoms with Crippen molar-refractivity contribution >= 4 is 5.91 Å². The SMILES string of the molecule is C=CC[C@@H]1CCCc2cc([C@@H](C)O)c(C(=O)N3CCN(C)CC3)cc21. The van der Waals surface area contributed by atoms with Crippen molar-refractivity contribution in [1.29, 1.82) is 0 Å². The summed E-state index contributed by atoms with van der Waals surface area (Å²) >= 11 is 0. The van der Waals surface area contributed by atoms with Crippen LogP contribution in [0.2, 0.25) is 0 Å². The van der Waals surface area contributed by atoms with Gasteiger partial charge >= 0.3 is 0 Å². The van der Waals surface area contributed by atoms with Gasteiger partial charge in [0.15, 0.2) is 0 Å². The number of amides is 1. The van der Waals surface area contributed by atoms with Crippen LogP contribution in [-0.2, 0) is 6.42 Å². The smallest absolute Gasteiger partial charge is 0.254 e. The van der Waals surface area contributed by atoms with Gasteiger partial charge in [0.2, 0.25) is 0 Å². The highest BCUT2D eigenvalue weighted by molar-refractivity contribution is 5.96. The van der Waals surface area contributed by atoms with Crippen molar-refractivity contribution < 1.29 is 9.90 Å². The highest BCUT2D eigenvalue weighted by Crippen LogP contribution is 2.37. The number of likely N-dealkylation sites (N-methyl/N-ethyl adjacent to an activating group) is 1. The van der Waals surface area contributed by atoms with E-state index in [1.165, 1.54) is 11.1 Å². The van der Waals surface area contributed by atoms with Crippen molar-refractivity contribution in [2.24, 2.45) is 0 Å². The molecule has 1 aliphatic carbocycles. The molecular weight excluding hydrogens is 312 g/mol. The molecule has 1 heterocycles. The molecule has 2 atom stereocenters. The third kappa shape index (κ3) is 3.80. The fourth-order valence-electron chi connectivity index (χ4n) is 4.13. The van der Waals surface area contributed by atoms with Crippen LogP contribution in [0.3, 0.4) is 0 Å². The molecule has 0 radical (unpaired) electrons. The van der Waals surface area contributed by atoms with E-state index in [9.17, 15) is 9.90 Å². The number of carbonyl (C=O) groups is 1. The van der Waals surface area contributed by atoms with Gasteiger partial charge in [-0.15, -0.1) is 6.58 Å². The first-order valence-corrected chi connectivity index (χ1v) is 9.44. The molecule has 3 rings (SSSR count). The summed E-state index contributed by atoms with van der Waals surface area (Å²) in [5.41, 5.74) is 4.05. The van der Waals surface area contributed by atoms with Crippen molar-refractivity contribution in [3.63, 3.8) is 0 Å². The van der Waals surface area contributed by atoms with Crippen LogP contribution in [0.4, 0.5) is 0 Å². The first-order chi connectivity index (χ1) is 12.0.